The van der Waals surface area contributed by atoms with Crippen LogP contribution in [-0.2, 0) is 18.4 Å². The molecular weight excluding hydrogens is 426 g/mol. The van der Waals surface area contributed by atoms with Gasteiger partial charge in [-0.25, -0.2) is 18.4 Å². The van der Waals surface area contributed by atoms with Gasteiger partial charge >= 0.3 is 0 Å². The van der Waals surface area contributed by atoms with Crippen molar-refractivity contribution in [3.63, 3.8) is 0 Å². The zero-order valence-corrected chi connectivity index (χ0v) is 19.0. The molecule has 1 unspecified atom stereocenters. The second kappa shape index (κ2) is 9.09. The topological polar surface area (TPSA) is 77.6 Å². The summed E-state index contributed by atoms with van der Waals surface area (Å²) in [6, 6.07) is 9.21. The second-order valence-electron chi connectivity index (χ2n) is 8.18. The van der Waals surface area contributed by atoms with E-state index in [9.17, 15) is 13.6 Å². The van der Waals surface area contributed by atoms with Crippen molar-refractivity contribution in [3.05, 3.63) is 65.1 Å². The van der Waals surface area contributed by atoms with Crippen LogP contribution in [0.25, 0.3) is 22.3 Å². The summed E-state index contributed by atoms with van der Waals surface area (Å²) in [7, 11) is 1.74. The second-order valence-corrected chi connectivity index (χ2v) is 8.18. The molecule has 4 aromatic rings. The first-order valence-corrected chi connectivity index (χ1v) is 10.8. The zero-order valence-electron chi connectivity index (χ0n) is 19.0. The molecule has 0 spiro atoms. The number of pyridine rings is 1. The highest BCUT2D eigenvalue weighted by Crippen LogP contribution is 2.33. The third-order valence-corrected chi connectivity index (χ3v) is 5.66. The average molecular weight is 453 g/mol. The van der Waals surface area contributed by atoms with Crippen LogP contribution in [-0.4, -0.2) is 30.5 Å². The number of nitrogens with zero attached hydrogens (tertiary/aromatic N) is 5. The van der Waals surface area contributed by atoms with E-state index in [4.69, 9.17) is 0 Å². The number of amides is 1. The standard InChI is InChI=1S/C24H26F2N6O/c1-5-19(16-8-6-14(2)7-9-16)28-21(33)13-32-24-22(15(3)30-32)18(23(25)26)10-20(29-24)17-11-27-31(4)12-17/h6-12,19,23H,5,13H2,1-4H3,(H,28,33). The van der Waals surface area contributed by atoms with Crippen molar-refractivity contribution in [2.24, 2.45) is 7.05 Å². The van der Waals surface area contributed by atoms with Crippen LogP contribution in [0, 0.1) is 13.8 Å². The lowest BCUT2D eigenvalue weighted by Crippen LogP contribution is -2.31. The molecule has 0 bridgehead atoms. The maximum absolute atomic E-state index is 13.9. The quantitative estimate of drug-likeness (QED) is 0.443. The minimum atomic E-state index is -2.71. The number of aromatic nitrogens is 5. The Kier molecular flexibility index (Phi) is 6.22. The number of aryl methyl sites for hydroxylation is 3. The fourth-order valence-corrected chi connectivity index (χ4v) is 3.97. The largest absolute Gasteiger partial charge is 0.348 e. The Bertz CT molecular complexity index is 1290. The molecule has 0 aliphatic heterocycles. The van der Waals surface area contributed by atoms with Gasteiger partial charge in [-0.05, 0) is 31.9 Å². The minimum absolute atomic E-state index is 0.126. The van der Waals surface area contributed by atoms with Gasteiger partial charge in [-0.3, -0.25) is 9.48 Å². The monoisotopic (exact) mass is 452 g/mol. The maximum atomic E-state index is 13.9. The fourth-order valence-electron chi connectivity index (χ4n) is 3.97. The molecule has 7 nitrogen and oxygen atoms in total. The molecule has 1 atom stereocenters. The number of hydrogen-bond acceptors (Lipinski definition) is 4. The first kappa shape index (κ1) is 22.6. The number of fused-ring (bicyclic) bond motifs is 1. The number of rotatable bonds is 7. The molecule has 9 heteroatoms. The van der Waals surface area contributed by atoms with Crippen molar-refractivity contribution < 1.29 is 13.6 Å². The van der Waals surface area contributed by atoms with Crippen LogP contribution in [0.1, 0.15) is 48.2 Å². The molecule has 3 heterocycles. The predicted octanol–water partition coefficient (Wildman–Crippen LogP) is 4.65. The van der Waals surface area contributed by atoms with Gasteiger partial charge in [0.25, 0.3) is 6.43 Å². The lowest BCUT2D eigenvalue weighted by Gasteiger charge is -2.18. The van der Waals surface area contributed by atoms with Crippen molar-refractivity contribution in [2.75, 3.05) is 0 Å². The van der Waals surface area contributed by atoms with Crippen LogP contribution < -0.4 is 5.32 Å². The van der Waals surface area contributed by atoms with Crippen molar-refractivity contribution in [1.29, 1.82) is 0 Å². The van der Waals surface area contributed by atoms with E-state index in [2.05, 4.69) is 20.5 Å². The SMILES string of the molecule is CCC(NC(=O)Cn1nc(C)c2c(C(F)F)cc(-c3cnn(C)c3)nc21)c1ccc(C)cc1. The molecule has 1 aromatic carbocycles. The normalized spacial score (nSPS) is 12.5. The van der Waals surface area contributed by atoms with Crippen LogP contribution in [0.15, 0.2) is 42.7 Å². The first-order valence-electron chi connectivity index (χ1n) is 10.8. The highest BCUT2D eigenvalue weighted by Gasteiger charge is 2.23. The number of nitrogens with one attached hydrogen (secondary N) is 1. The molecule has 3 aromatic heterocycles. The zero-order chi connectivity index (χ0) is 23.7. The van der Waals surface area contributed by atoms with Gasteiger partial charge in [0.1, 0.15) is 6.54 Å². The molecule has 0 saturated heterocycles. The smallest absolute Gasteiger partial charge is 0.264 e. The van der Waals surface area contributed by atoms with Gasteiger partial charge in [-0.1, -0.05) is 36.8 Å². The summed E-state index contributed by atoms with van der Waals surface area (Å²) in [6.07, 6.45) is 1.28. The summed E-state index contributed by atoms with van der Waals surface area (Å²) in [5, 5.41) is 11.8. The fraction of sp³-hybridized carbons (Fsp3) is 0.333. The molecular formula is C24H26F2N6O. The van der Waals surface area contributed by atoms with Crippen LogP contribution in [0.5, 0.6) is 0 Å². The molecule has 1 amide bonds. The van der Waals surface area contributed by atoms with E-state index in [-0.39, 0.29) is 35.1 Å². The van der Waals surface area contributed by atoms with Crippen LogP contribution in [0.4, 0.5) is 8.78 Å². The van der Waals surface area contributed by atoms with Crippen LogP contribution in [0.3, 0.4) is 0 Å². The van der Waals surface area contributed by atoms with Crippen molar-refractivity contribution in [1.82, 2.24) is 29.9 Å². The number of halogens is 2. The number of hydrogen-bond donors (Lipinski definition) is 1. The van der Waals surface area contributed by atoms with Crippen molar-refractivity contribution in [2.45, 2.75) is 46.2 Å². The van der Waals surface area contributed by atoms with E-state index in [0.29, 0.717) is 23.4 Å². The molecule has 0 fully saturated rings. The van der Waals surface area contributed by atoms with Gasteiger partial charge in [0.15, 0.2) is 5.65 Å². The van der Waals surface area contributed by atoms with Crippen LogP contribution >= 0.6 is 0 Å². The highest BCUT2D eigenvalue weighted by atomic mass is 19.3. The van der Waals surface area contributed by atoms with Gasteiger partial charge in [-0.2, -0.15) is 10.2 Å². The number of benzene rings is 1. The Morgan fingerprint density at radius 3 is 2.52 bits per heavy atom. The molecule has 0 aliphatic carbocycles. The van der Waals surface area contributed by atoms with Gasteiger partial charge in [0, 0.05) is 24.4 Å². The van der Waals surface area contributed by atoms with Crippen LogP contribution in [0.2, 0.25) is 0 Å². The molecule has 33 heavy (non-hydrogen) atoms. The number of alkyl halides is 2. The Balaban J connectivity index is 1.67. The van der Waals surface area contributed by atoms with E-state index in [0.717, 1.165) is 11.1 Å². The Morgan fingerprint density at radius 1 is 1.18 bits per heavy atom. The Labute approximate surface area is 190 Å². The van der Waals surface area contributed by atoms with E-state index in [1.165, 1.54) is 10.7 Å². The summed E-state index contributed by atoms with van der Waals surface area (Å²) in [6.45, 7) is 5.53. The third kappa shape index (κ3) is 4.62. The van der Waals surface area contributed by atoms with Gasteiger partial charge in [0.2, 0.25) is 5.91 Å². The minimum Gasteiger partial charge on any atom is -0.348 e. The molecule has 172 valence electrons. The number of carbonyl (C=O) groups excluding carboxylic acids is 1. The Hall–Kier alpha value is -3.62. The highest BCUT2D eigenvalue weighted by molar-refractivity contribution is 5.87. The van der Waals surface area contributed by atoms with Crippen molar-refractivity contribution in [3.8, 4) is 11.3 Å². The molecule has 0 aliphatic rings. The Morgan fingerprint density at radius 2 is 1.91 bits per heavy atom. The maximum Gasteiger partial charge on any atom is 0.264 e. The van der Waals surface area contributed by atoms with E-state index in [1.807, 2.05) is 38.1 Å². The predicted molar refractivity (Wildman–Crippen MR) is 122 cm³/mol. The summed E-state index contributed by atoms with van der Waals surface area (Å²) < 4.78 is 30.8. The van der Waals surface area contributed by atoms with E-state index >= 15 is 0 Å². The average Bonchev–Trinajstić information content (AvgIpc) is 3.35. The molecule has 4 rings (SSSR count). The number of carbonyl (C=O) groups is 1. The van der Waals surface area contributed by atoms with Gasteiger partial charge < -0.3 is 5.32 Å². The summed E-state index contributed by atoms with van der Waals surface area (Å²) >= 11 is 0. The summed E-state index contributed by atoms with van der Waals surface area (Å²) in [5.41, 5.74) is 3.62. The van der Waals surface area contributed by atoms with E-state index < -0.39 is 6.43 Å². The first-order chi connectivity index (χ1) is 15.8. The van der Waals surface area contributed by atoms with Gasteiger partial charge in [0.05, 0.1) is 29.0 Å². The molecule has 1 N–H and O–H groups in total. The van der Waals surface area contributed by atoms with Crippen molar-refractivity contribution >= 4 is 16.9 Å². The molecule has 0 saturated carbocycles. The third-order valence-electron chi connectivity index (χ3n) is 5.66. The summed E-state index contributed by atoms with van der Waals surface area (Å²) in [5.74, 6) is -0.265. The van der Waals surface area contributed by atoms with E-state index in [1.54, 1.807) is 31.0 Å². The lowest BCUT2D eigenvalue weighted by molar-refractivity contribution is -0.122. The summed E-state index contributed by atoms with van der Waals surface area (Å²) in [4.78, 5) is 17.5. The molecule has 0 radical (unpaired) electrons. The lowest BCUT2D eigenvalue weighted by atomic mass is 10.0. The van der Waals surface area contributed by atoms with Gasteiger partial charge in [-0.15, -0.1) is 0 Å².